The van der Waals surface area contributed by atoms with Gasteiger partial charge in [0, 0.05) is 23.6 Å². The van der Waals surface area contributed by atoms with E-state index in [0.29, 0.717) is 24.9 Å². The van der Waals surface area contributed by atoms with E-state index in [9.17, 15) is 19.5 Å². The Kier molecular flexibility index (Phi) is 24.8. The summed E-state index contributed by atoms with van der Waals surface area (Å²) in [6.45, 7) is 18.3. The van der Waals surface area contributed by atoms with Crippen LogP contribution in [0.3, 0.4) is 0 Å². The number of nitrogens with zero attached hydrogens (tertiary/aromatic N) is 1. The Bertz CT molecular complexity index is 831. The zero-order valence-electron chi connectivity index (χ0n) is 26.8. The summed E-state index contributed by atoms with van der Waals surface area (Å²) in [5.41, 5.74) is 1.07. The molecule has 2 heterocycles. The summed E-state index contributed by atoms with van der Waals surface area (Å²) in [7, 11) is 1.38. The van der Waals surface area contributed by atoms with Gasteiger partial charge in [0.2, 0.25) is 0 Å². The molecule has 5 unspecified atom stereocenters. The molecule has 0 aromatic carbocycles. The first-order valence-corrected chi connectivity index (χ1v) is 15.8. The highest BCUT2D eigenvalue weighted by Crippen LogP contribution is 2.25. The van der Waals surface area contributed by atoms with Crippen molar-refractivity contribution < 1.29 is 29.0 Å². The van der Waals surface area contributed by atoms with E-state index in [1.807, 2.05) is 46.8 Å². The van der Waals surface area contributed by atoms with Crippen LogP contribution in [-0.4, -0.2) is 47.6 Å². The lowest BCUT2D eigenvalue weighted by atomic mass is 9.83. The van der Waals surface area contributed by atoms with Gasteiger partial charge < -0.3 is 14.6 Å². The standard InChI is InChI=1S/C19H34O4.C7H9NS.C4H8O2.C2H6/c1-13-7-5-8-14(2)11-15(3)19(22)16(4)17(20)12-18(21)23-10-6-9-13;1-3-4-7-5-9-6(2)8-7;1-3-4(5)6-2;1-2/h13-17,20H,5-12H2,1-4H3;3-5H,1-2H3;3H2,1-2H3;1-2H3/b;4-3-;;. The van der Waals surface area contributed by atoms with Gasteiger partial charge in [-0.3, -0.25) is 14.4 Å². The van der Waals surface area contributed by atoms with Crippen molar-refractivity contribution in [2.75, 3.05) is 13.7 Å². The number of cyclic esters (lactones) is 1. The number of aliphatic hydroxyl groups is 1. The van der Waals surface area contributed by atoms with Gasteiger partial charge >= 0.3 is 11.9 Å². The molecule has 1 aromatic heterocycles. The number of thiazole rings is 1. The number of methoxy groups -OCH3 is 1. The van der Waals surface area contributed by atoms with Crippen molar-refractivity contribution in [2.24, 2.45) is 23.7 Å². The second-order valence-electron chi connectivity index (χ2n) is 10.3. The molecule has 232 valence electrons. The second-order valence-corrected chi connectivity index (χ2v) is 11.4. The van der Waals surface area contributed by atoms with Crippen LogP contribution in [0.5, 0.6) is 0 Å². The van der Waals surface area contributed by atoms with Gasteiger partial charge in [0.05, 0.1) is 36.9 Å². The lowest BCUT2D eigenvalue weighted by Gasteiger charge is -2.23. The molecule has 2 rings (SSSR count). The van der Waals surface area contributed by atoms with Gasteiger partial charge in [-0.15, -0.1) is 11.3 Å². The van der Waals surface area contributed by atoms with Crippen molar-refractivity contribution in [1.29, 1.82) is 0 Å². The number of allylic oxidation sites excluding steroid dienone is 1. The minimum atomic E-state index is -0.945. The quantitative estimate of drug-likeness (QED) is 0.354. The first-order valence-electron chi connectivity index (χ1n) is 14.9. The van der Waals surface area contributed by atoms with Crippen molar-refractivity contribution in [3.63, 3.8) is 0 Å². The molecule has 0 aliphatic carbocycles. The molecule has 1 aliphatic heterocycles. The van der Waals surface area contributed by atoms with Crippen molar-refractivity contribution in [1.82, 2.24) is 4.98 Å². The Labute approximate surface area is 248 Å². The van der Waals surface area contributed by atoms with E-state index in [4.69, 9.17) is 4.74 Å². The van der Waals surface area contributed by atoms with E-state index in [2.05, 4.69) is 28.9 Å². The number of ketones is 1. The summed E-state index contributed by atoms with van der Waals surface area (Å²) in [4.78, 5) is 38.4. The fourth-order valence-corrected chi connectivity index (χ4v) is 4.81. The first-order chi connectivity index (χ1) is 18.9. The Morgan fingerprint density at radius 3 is 2.23 bits per heavy atom. The van der Waals surface area contributed by atoms with Crippen LogP contribution in [-0.2, 0) is 23.9 Å². The largest absolute Gasteiger partial charge is 0.469 e. The Hall–Kier alpha value is -2.06. The molecule has 40 heavy (non-hydrogen) atoms. The number of aliphatic hydroxyl groups excluding tert-OH is 1. The van der Waals surface area contributed by atoms with Gasteiger partial charge in [-0.05, 0) is 51.0 Å². The van der Waals surface area contributed by atoms with Gasteiger partial charge in [0.25, 0.3) is 0 Å². The minimum absolute atomic E-state index is 0.0533. The summed E-state index contributed by atoms with van der Waals surface area (Å²) in [6.07, 6.45) is 9.73. The molecular formula is C32H57NO6S. The number of aryl methyl sites for hydroxylation is 1. The van der Waals surface area contributed by atoms with Crippen molar-refractivity contribution in [2.45, 2.75) is 120 Å². The average Bonchev–Trinajstić information content (AvgIpc) is 3.35. The maximum absolute atomic E-state index is 12.4. The van der Waals surface area contributed by atoms with Crippen LogP contribution in [0.25, 0.3) is 6.08 Å². The van der Waals surface area contributed by atoms with Crippen molar-refractivity contribution in [3.8, 4) is 0 Å². The van der Waals surface area contributed by atoms with E-state index < -0.39 is 18.0 Å². The molecule has 1 aliphatic rings. The summed E-state index contributed by atoms with van der Waals surface area (Å²) >= 11 is 1.68. The van der Waals surface area contributed by atoms with Crippen LogP contribution in [0.15, 0.2) is 11.5 Å². The van der Waals surface area contributed by atoms with Gasteiger partial charge in [-0.1, -0.05) is 73.8 Å². The number of carbonyl (C=O) groups is 3. The SMILES string of the molecule is C/C=C\c1csc(C)n1.CC.CC1CCCOC(=O)CC(O)C(C)C(=O)C(C)CC(C)CCC1.CCC(=O)OC. The molecule has 1 saturated heterocycles. The van der Waals surface area contributed by atoms with Crippen LogP contribution in [0.2, 0.25) is 0 Å². The Morgan fingerprint density at radius 2 is 1.73 bits per heavy atom. The number of Topliss-reactive ketones (excluding diaryl/α,β-unsaturated/α-hetero) is 1. The monoisotopic (exact) mass is 583 g/mol. The van der Waals surface area contributed by atoms with Gasteiger partial charge in [-0.25, -0.2) is 4.98 Å². The number of hydrogen-bond acceptors (Lipinski definition) is 8. The van der Waals surface area contributed by atoms with E-state index in [1.54, 1.807) is 25.2 Å². The molecule has 5 atom stereocenters. The molecular weight excluding hydrogens is 526 g/mol. The predicted octanol–water partition coefficient (Wildman–Crippen LogP) is 7.83. The summed E-state index contributed by atoms with van der Waals surface area (Å²) in [5, 5.41) is 13.3. The van der Waals surface area contributed by atoms with E-state index in [-0.39, 0.29) is 24.1 Å². The fraction of sp³-hybridized carbons (Fsp3) is 0.750. The minimum Gasteiger partial charge on any atom is -0.469 e. The summed E-state index contributed by atoms with van der Waals surface area (Å²) < 4.78 is 9.44. The highest BCUT2D eigenvalue weighted by molar-refractivity contribution is 7.09. The molecule has 7 nitrogen and oxygen atoms in total. The van der Waals surface area contributed by atoms with Crippen molar-refractivity contribution in [3.05, 3.63) is 22.2 Å². The Morgan fingerprint density at radius 1 is 1.12 bits per heavy atom. The molecule has 1 fully saturated rings. The van der Waals surface area contributed by atoms with Crippen LogP contribution in [0.1, 0.15) is 117 Å². The van der Waals surface area contributed by atoms with Crippen LogP contribution in [0, 0.1) is 30.6 Å². The number of hydrogen-bond donors (Lipinski definition) is 1. The summed E-state index contributed by atoms with van der Waals surface area (Å²) in [5.74, 6) is 0.0565. The van der Waals surface area contributed by atoms with Crippen LogP contribution < -0.4 is 0 Å². The number of carbonyl (C=O) groups excluding carboxylic acids is 3. The normalized spacial score (nSPS) is 24.7. The smallest absolute Gasteiger partial charge is 0.308 e. The molecule has 0 spiro atoms. The zero-order valence-corrected chi connectivity index (χ0v) is 27.6. The number of esters is 2. The lowest BCUT2D eigenvalue weighted by Crippen LogP contribution is -2.32. The third-order valence-corrected chi connectivity index (χ3v) is 7.42. The van der Waals surface area contributed by atoms with E-state index >= 15 is 0 Å². The van der Waals surface area contributed by atoms with Gasteiger partial charge in [0.1, 0.15) is 5.78 Å². The Balaban J connectivity index is 0. The molecule has 0 amide bonds. The lowest BCUT2D eigenvalue weighted by molar-refractivity contribution is -0.147. The molecule has 1 N–H and O–H groups in total. The second kappa shape index (κ2) is 24.7. The maximum atomic E-state index is 12.4. The van der Waals surface area contributed by atoms with Crippen molar-refractivity contribution >= 4 is 35.1 Å². The van der Waals surface area contributed by atoms with Gasteiger partial charge in [0.15, 0.2) is 0 Å². The molecule has 0 saturated carbocycles. The van der Waals surface area contributed by atoms with E-state index in [0.717, 1.165) is 36.4 Å². The highest BCUT2D eigenvalue weighted by Gasteiger charge is 2.29. The summed E-state index contributed by atoms with van der Waals surface area (Å²) in [6, 6.07) is 0. The molecule has 8 heteroatoms. The zero-order chi connectivity index (χ0) is 31.1. The number of aromatic nitrogens is 1. The molecule has 0 bridgehead atoms. The highest BCUT2D eigenvalue weighted by atomic mass is 32.1. The van der Waals surface area contributed by atoms with Gasteiger partial charge in [-0.2, -0.15) is 0 Å². The third kappa shape index (κ3) is 19.9. The first kappa shape index (κ1) is 40.1. The van der Waals surface area contributed by atoms with E-state index in [1.165, 1.54) is 20.0 Å². The topological polar surface area (TPSA) is 103 Å². The van der Waals surface area contributed by atoms with Crippen LogP contribution >= 0.6 is 11.3 Å². The number of ether oxygens (including phenoxy) is 2. The average molecular weight is 584 g/mol. The van der Waals surface area contributed by atoms with Crippen LogP contribution in [0.4, 0.5) is 0 Å². The third-order valence-electron chi connectivity index (χ3n) is 6.63. The molecule has 0 radical (unpaired) electrons. The maximum Gasteiger partial charge on any atom is 0.308 e. The molecule has 1 aromatic rings. The predicted molar refractivity (Wildman–Crippen MR) is 166 cm³/mol. The fourth-order valence-electron chi connectivity index (χ4n) is 4.23. The number of rotatable bonds is 2.